The third kappa shape index (κ3) is 3.78. The molecule has 0 aliphatic rings. The van der Waals surface area contributed by atoms with Crippen molar-refractivity contribution in [2.75, 3.05) is 17.2 Å². The number of amides is 1. The predicted octanol–water partition coefficient (Wildman–Crippen LogP) is 3.47. The Balaban J connectivity index is 2.26. The zero-order chi connectivity index (χ0) is 15.2. The summed E-state index contributed by atoms with van der Waals surface area (Å²) in [5, 5.41) is 5.67. The third-order valence-electron chi connectivity index (χ3n) is 2.98. The lowest BCUT2D eigenvalue weighted by Gasteiger charge is -2.10. The van der Waals surface area contributed by atoms with Crippen molar-refractivity contribution in [1.82, 2.24) is 4.98 Å². The molecular weight excluding hydrogens is 269 g/mol. The van der Waals surface area contributed by atoms with Gasteiger partial charge >= 0.3 is 0 Å². The SMILES string of the molecule is CCNc1cc(C(=O)Nc2ccccc2F)cc(CC)n1. The van der Waals surface area contributed by atoms with E-state index in [0.717, 1.165) is 12.1 Å². The number of nitrogens with one attached hydrogen (secondary N) is 2. The van der Waals surface area contributed by atoms with Crippen LogP contribution >= 0.6 is 0 Å². The van der Waals surface area contributed by atoms with Crippen molar-refractivity contribution in [2.45, 2.75) is 20.3 Å². The average molecular weight is 287 g/mol. The Morgan fingerprint density at radius 2 is 2.00 bits per heavy atom. The number of hydrogen-bond donors (Lipinski definition) is 2. The highest BCUT2D eigenvalue weighted by Gasteiger charge is 2.11. The van der Waals surface area contributed by atoms with E-state index in [9.17, 15) is 9.18 Å². The lowest BCUT2D eigenvalue weighted by Crippen LogP contribution is -2.14. The van der Waals surface area contributed by atoms with Crippen LogP contribution in [0.15, 0.2) is 36.4 Å². The van der Waals surface area contributed by atoms with Crippen LogP contribution in [-0.4, -0.2) is 17.4 Å². The first-order valence-electron chi connectivity index (χ1n) is 6.94. The van der Waals surface area contributed by atoms with Crippen molar-refractivity contribution in [3.05, 3.63) is 53.5 Å². The monoisotopic (exact) mass is 287 g/mol. The third-order valence-corrected chi connectivity index (χ3v) is 2.98. The maximum atomic E-state index is 13.6. The average Bonchev–Trinajstić information content (AvgIpc) is 2.49. The molecule has 2 rings (SSSR count). The Morgan fingerprint density at radius 3 is 2.67 bits per heavy atom. The molecule has 1 amide bonds. The van der Waals surface area contributed by atoms with Gasteiger partial charge in [0.1, 0.15) is 11.6 Å². The van der Waals surface area contributed by atoms with Crippen molar-refractivity contribution in [3.63, 3.8) is 0 Å². The number of para-hydroxylation sites is 1. The number of benzene rings is 1. The van der Waals surface area contributed by atoms with E-state index in [4.69, 9.17) is 0 Å². The summed E-state index contributed by atoms with van der Waals surface area (Å²) < 4.78 is 13.6. The second-order valence-electron chi connectivity index (χ2n) is 4.55. The molecule has 2 aromatic rings. The summed E-state index contributed by atoms with van der Waals surface area (Å²) in [6, 6.07) is 9.47. The highest BCUT2D eigenvalue weighted by molar-refractivity contribution is 6.04. The minimum Gasteiger partial charge on any atom is -0.370 e. The van der Waals surface area contributed by atoms with Crippen LogP contribution in [0, 0.1) is 5.82 Å². The van der Waals surface area contributed by atoms with Gasteiger partial charge in [-0.05, 0) is 37.6 Å². The van der Waals surface area contributed by atoms with Gasteiger partial charge in [-0.15, -0.1) is 0 Å². The number of rotatable bonds is 5. The number of nitrogens with zero attached hydrogens (tertiary/aromatic N) is 1. The molecular formula is C16H18FN3O. The molecule has 2 N–H and O–H groups in total. The molecule has 0 radical (unpaired) electrons. The van der Waals surface area contributed by atoms with E-state index < -0.39 is 5.82 Å². The lowest BCUT2D eigenvalue weighted by atomic mass is 10.1. The van der Waals surface area contributed by atoms with Crippen LogP contribution in [0.1, 0.15) is 29.9 Å². The van der Waals surface area contributed by atoms with Gasteiger partial charge in [0.15, 0.2) is 0 Å². The van der Waals surface area contributed by atoms with Gasteiger partial charge in [-0.1, -0.05) is 19.1 Å². The molecule has 1 aromatic carbocycles. The van der Waals surface area contributed by atoms with Crippen LogP contribution in [0.4, 0.5) is 15.9 Å². The lowest BCUT2D eigenvalue weighted by molar-refractivity contribution is 0.102. The van der Waals surface area contributed by atoms with Gasteiger partial charge < -0.3 is 10.6 Å². The maximum Gasteiger partial charge on any atom is 0.255 e. The fourth-order valence-corrected chi connectivity index (χ4v) is 1.93. The highest BCUT2D eigenvalue weighted by Crippen LogP contribution is 2.16. The van der Waals surface area contributed by atoms with Crippen molar-refractivity contribution in [1.29, 1.82) is 0 Å². The molecule has 5 heteroatoms. The maximum absolute atomic E-state index is 13.6. The summed E-state index contributed by atoms with van der Waals surface area (Å²) in [6.07, 6.45) is 0.721. The Hall–Kier alpha value is -2.43. The summed E-state index contributed by atoms with van der Waals surface area (Å²) in [7, 11) is 0. The minimum atomic E-state index is -0.456. The first kappa shape index (κ1) is 15.0. The van der Waals surface area contributed by atoms with Crippen LogP contribution in [-0.2, 0) is 6.42 Å². The van der Waals surface area contributed by atoms with E-state index in [1.54, 1.807) is 24.3 Å². The van der Waals surface area contributed by atoms with Gasteiger partial charge in [-0.25, -0.2) is 9.37 Å². The van der Waals surface area contributed by atoms with E-state index in [1.807, 2.05) is 13.8 Å². The highest BCUT2D eigenvalue weighted by atomic mass is 19.1. The zero-order valence-electron chi connectivity index (χ0n) is 12.1. The number of anilines is 2. The molecule has 1 heterocycles. The zero-order valence-corrected chi connectivity index (χ0v) is 12.1. The van der Waals surface area contributed by atoms with Crippen LogP contribution in [0.3, 0.4) is 0 Å². The van der Waals surface area contributed by atoms with E-state index in [-0.39, 0.29) is 11.6 Å². The predicted molar refractivity (Wildman–Crippen MR) is 82.1 cm³/mol. The molecule has 4 nitrogen and oxygen atoms in total. The number of carbonyl (C=O) groups is 1. The quantitative estimate of drug-likeness (QED) is 0.885. The smallest absolute Gasteiger partial charge is 0.255 e. The second kappa shape index (κ2) is 6.83. The molecule has 0 aliphatic heterocycles. The van der Waals surface area contributed by atoms with Crippen molar-refractivity contribution in [2.24, 2.45) is 0 Å². The van der Waals surface area contributed by atoms with E-state index in [1.165, 1.54) is 12.1 Å². The normalized spacial score (nSPS) is 10.2. The van der Waals surface area contributed by atoms with Gasteiger partial charge in [0.25, 0.3) is 5.91 Å². The first-order valence-corrected chi connectivity index (χ1v) is 6.94. The van der Waals surface area contributed by atoms with Gasteiger partial charge in [-0.2, -0.15) is 0 Å². The number of hydrogen-bond acceptors (Lipinski definition) is 3. The van der Waals surface area contributed by atoms with Crippen LogP contribution in [0.25, 0.3) is 0 Å². The molecule has 110 valence electrons. The Morgan fingerprint density at radius 1 is 1.24 bits per heavy atom. The van der Waals surface area contributed by atoms with Crippen molar-refractivity contribution in [3.8, 4) is 0 Å². The summed E-state index contributed by atoms with van der Waals surface area (Å²) >= 11 is 0. The molecule has 0 bridgehead atoms. The second-order valence-corrected chi connectivity index (χ2v) is 4.55. The number of halogens is 1. The fraction of sp³-hybridized carbons (Fsp3) is 0.250. The Bertz CT molecular complexity index is 643. The Kier molecular flexibility index (Phi) is 4.87. The summed E-state index contributed by atoms with van der Waals surface area (Å²) in [5.41, 5.74) is 1.44. The number of carbonyl (C=O) groups excluding carboxylic acids is 1. The van der Waals surface area contributed by atoms with Crippen molar-refractivity contribution < 1.29 is 9.18 Å². The van der Waals surface area contributed by atoms with Crippen molar-refractivity contribution >= 4 is 17.4 Å². The molecule has 0 aliphatic carbocycles. The molecule has 0 saturated heterocycles. The largest absolute Gasteiger partial charge is 0.370 e. The summed E-state index contributed by atoms with van der Waals surface area (Å²) in [4.78, 5) is 16.6. The van der Waals surface area contributed by atoms with Crippen LogP contribution < -0.4 is 10.6 Å². The molecule has 0 spiro atoms. The molecule has 0 fully saturated rings. The topological polar surface area (TPSA) is 54.0 Å². The summed E-state index contributed by atoms with van der Waals surface area (Å²) in [6.45, 7) is 4.64. The molecule has 21 heavy (non-hydrogen) atoms. The van der Waals surface area contributed by atoms with Gasteiger partial charge in [0, 0.05) is 17.8 Å². The van der Waals surface area contributed by atoms with Gasteiger partial charge in [0.05, 0.1) is 5.69 Å². The van der Waals surface area contributed by atoms with E-state index >= 15 is 0 Å². The standard InChI is InChI=1S/C16H18FN3O/c1-3-12-9-11(10-15(19-12)18-4-2)16(21)20-14-8-6-5-7-13(14)17/h5-10H,3-4H2,1-2H3,(H,18,19)(H,20,21). The molecule has 0 atom stereocenters. The first-order chi connectivity index (χ1) is 10.1. The fourth-order valence-electron chi connectivity index (χ4n) is 1.93. The Labute approximate surface area is 123 Å². The van der Waals surface area contributed by atoms with E-state index in [0.29, 0.717) is 17.9 Å². The molecule has 0 saturated carbocycles. The molecule has 1 aromatic heterocycles. The number of aryl methyl sites for hydroxylation is 1. The number of pyridine rings is 1. The van der Waals surface area contributed by atoms with Crippen LogP contribution in [0.5, 0.6) is 0 Å². The summed E-state index contributed by atoms with van der Waals surface area (Å²) in [5.74, 6) is -0.158. The van der Waals surface area contributed by atoms with Gasteiger partial charge in [0.2, 0.25) is 0 Å². The van der Waals surface area contributed by atoms with E-state index in [2.05, 4.69) is 15.6 Å². The number of aromatic nitrogens is 1. The molecule has 0 unspecified atom stereocenters. The van der Waals surface area contributed by atoms with Gasteiger partial charge in [-0.3, -0.25) is 4.79 Å². The van der Waals surface area contributed by atoms with Crippen LogP contribution in [0.2, 0.25) is 0 Å². The minimum absolute atomic E-state index is 0.169.